The Balaban J connectivity index is 3.07. The first-order valence-electron chi connectivity index (χ1n) is 3.28. The number of aromatic amines is 1. The second-order valence-corrected chi connectivity index (χ2v) is 3.15. The molecule has 0 radical (unpaired) electrons. The molecule has 0 aliphatic rings. The van der Waals surface area contributed by atoms with Crippen LogP contribution in [-0.2, 0) is 4.74 Å². The van der Waals surface area contributed by atoms with Gasteiger partial charge in [0.15, 0.2) is 0 Å². The van der Waals surface area contributed by atoms with E-state index in [4.69, 9.17) is 4.74 Å². The molecule has 0 fully saturated rings. The summed E-state index contributed by atoms with van der Waals surface area (Å²) in [5, 5.41) is 6.63. The zero-order valence-corrected chi connectivity index (χ0v) is 8.31. The fraction of sp³-hybridized carbons (Fsp3) is 0.125. The van der Waals surface area contributed by atoms with Gasteiger partial charge in [0.1, 0.15) is 11.5 Å². The summed E-state index contributed by atoms with van der Waals surface area (Å²) in [6.07, 6.45) is 1.66. The lowest BCUT2D eigenvalue weighted by Gasteiger charge is -2.02. The highest BCUT2D eigenvalue weighted by molar-refractivity contribution is 9.15. The van der Waals surface area contributed by atoms with Crippen molar-refractivity contribution in [1.82, 2.24) is 10.2 Å². The third-order valence-corrected chi connectivity index (χ3v) is 1.88. The lowest BCUT2D eigenvalue weighted by atomic mass is 10.2. The number of halogens is 1. The molecule has 0 aliphatic heterocycles. The van der Waals surface area contributed by atoms with Gasteiger partial charge in [-0.2, -0.15) is 5.10 Å². The van der Waals surface area contributed by atoms with Crippen molar-refractivity contribution in [3.8, 4) is 0 Å². The monoisotopic (exact) mass is 228 g/mol. The number of H-pyrrole nitrogens is 1. The molecule has 0 aromatic carbocycles. The molecule has 0 saturated carbocycles. The highest BCUT2D eigenvalue weighted by Crippen LogP contribution is 2.25. The summed E-state index contributed by atoms with van der Waals surface area (Å²) in [5.74, 6) is 0.545. The van der Waals surface area contributed by atoms with Gasteiger partial charge < -0.3 is 4.74 Å². The third-order valence-electron chi connectivity index (χ3n) is 1.46. The zero-order chi connectivity index (χ0) is 9.14. The van der Waals surface area contributed by atoms with E-state index in [1.165, 1.54) is 0 Å². The van der Waals surface area contributed by atoms with Crippen LogP contribution in [0.4, 0.5) is 0 Å². The van der Waals surface area contributed by atoms with Crippen LogP contribution < -0.4 is 0 Å². The number of hydrogen-bond donors (Lipinski definition) is 1. The Labute approximate surface area is 79.3 Å². The van der Waals surface area contributed by atoms with Crippen molar-refractivity contribution in [3.63, 3.8) is 0 Å². The predicted octanol–water partition coefficient (Wildman–Crippen LogP) is 2.39. The van der Waals surface area contributed by atoms with Gasteiger partial charge in [0, 0.05) is 10.0 Å². The van der Waals surface area contributed by atoms with E-state index in [0.717, 1.165) is 15.7 Å². The van der Waals surface area contributed by atoms with Crippen LogP contribution in [0.1, 0.15) is 11.3 Å². The SMILES string of the molecule is C=C(Br)c1cn[nH]c1C(=C)OC. The normalized spacial score (nSPS) is 9.50. The standard InChI is InChI=1S/C8H9BrN2O/c1-5(9)7-4-10-11-8(7)6(2)12-3/h4H,1-2H2,3H3,(H,10,11). The molecule has 0 saturated heterocycles. The average molecular weight is 229 g/mol. The average Bonchev–Trinajstić information content (AvgIpc) is 2.50. The Hall–Kier alpha value is -1.03. The number of aromatic nitrogens is 2. The van der Waals surface area contributed by atoms with E-state index in [-0.39, 0.29) is 0 Å². The van der Waals surface area contributed by atoms with E-state index < -0.39 is 0 Å². The summed E-state index contributed by atoms with van der Waals surface area (Å²) in [6, 6.07) is 0. The van der Waals surface area contributed by atoms with Crippen molar-refractivity contribution in [2.45, 2.75) is 0 Å². The highest BCUT2D eigenvalue weighted by Gasteiger charge is 2.09. The largest absolute Gasteiger partial charge is 0.495 e. The van der Waals surface area contributed by atoms with Gasteiger partial charge in [0.2, 0.25) is 0 Å². The van der Waals surface area contributed by atoms with Gasteiger partial charge >= 0.3 is 0 Å². The van der Waals surface area contributed by atoms with E-state index in [0.29, 0.717) is 5.76 Å². The number of methoxy groups -OCH3 is 1. The smallest absolute Gasteiger partial charge is 0.137 e. The van der Waals surface area contributed by atoms with Crippen LogP contribution in [0.5, 0.6) is 0 Å². The molecule has 0 atom stereocenters. The molecule has 0 unspecified atom stereocenters. The van der Waals surface area contributed by atoms with Crippen LogP contribution in [0, 0.1) is 0 Å². The molecule has 4 heteroatoms. The van der Waals surface area contributed by atoms with E-state index in [1.54, 1.807) is 13.3 Å². The molecule has 1 aromatic rings. The van der Waals surface area contributed by atoms with Gasteiger partial charge in [0.25, 0.3) is 0 Å². The summed E-state index contributed by atoms with van der Waals surface area (Å²) < 4.78 is 5.71. The molecular weight excluding hydrogens is 220 g/mol. The quantitative estimate of drug-likeness (QED) is 0.808. The van der Waals surface area contributed by atoms with Crippen molar-refractivity contribution in [1.29, 1.82) is 0 Å². The maximum Gasteiger partial charge on any atom is 0.137 e. The zero-order valence-electron chi connectivity index (χ0n) is 6.72. The van der Waals surface area contributed by atoms with Crippen molar-refractivity contribution in [3.05, 3.63) is 30.6 Å². The van der Waals surface area contributed by atoms with E-state index in [2.05, 4.69) is 39.3 Å². The van der Waals surface area contributed by atoms with Crippen LogP contribution in [0.25, 0.3) is 10.2 Å². The van der Waals surface area contributed by atoms with Gasteiger partial charge in [-0.05, 0) is 0 Å². The van der Waals surface area contributed by atoms with Crippen molar-refractivity contribution < 1.29 is 4.74 Å². The van der Waals surface area contributed by atoms with Crippen LogP contribution in [0.15, 0.2) is 19.4 Å². The molecular formula is C8H9BrN2O. The molecule has 0 bridgehead atoms. The Morgan fingerprint density at radius 2 is 2.33 bits per heavy atom. The summed E-state index contributed by atoms with van der Waals surface area (Å²) in [4.78, 5) is 0. The Bertz CT molecular complexity index is 317. The van der Waals surface area contributed by atoms with Gasteiger partial charge in [-0.1, -0.05) is 29.1 Å². The Kier molecular flexibility index (Phi) is 2.70. The number of nitrogens with zero attached hydrogens (tertiary/aromatic N) is 1. The number of hydrogen-bond acceptors (Lipinski definition) is 2. The first kappa shape index (κ1) is 9.06. The van der Waals surface area contributed by atoms with Crippen LogP contribution in [0.3, 0.4) is 0 Å². The Morgan fingerprint density at radius 1 is 1.67 bits per heavy atom. The van der Waals surface area contributed by atoms with Crippen molar-refractivity contribution >= 4 is 26.2 Å². The Morgan fingerprint density at radius 3 is 2.83 bits per heavy atom. The maximum atomic E-state index is 4.96. The lowest BCUT2D eigenvalue weighted by molar-refractivity contribution is 0.369. The lowest BCUT2D eigenvalue weighted by Crippen LogP contribution is -1.89. The number of ether oxygens (including phenoxy) is 1. The van der Waals surface area contributed by atoms with Gasteiger partial charge in [0.05, 0.1) is 13.3 Å². The molecule has 12 heavy (non-hydrogen) atoms. The molecule has 1 heterocycles. The molecule has 3 nitrogen and oxygen atoms in total. The molecule has 1 rings (SSSR count). The van der Waals surface area contributed by atoms with Gasteiger partial charge in [-0.3, -0.25) is 5.10 Å². The van der Waals surface area contributed by atoms with Crippen molar-refractivity contribution in [2.75, 3.05) is 7.11 Å². The first-order valence-corrected chi connectivity index (χ1v) is 4.07. The second-order valence-electron chi connectivity index (χ2n) is 2.19. The first-order chi connectivity index (χ1) is 5.66. The summed E-state index contributed by atoms with van der Waals surface area (Å²) in [6.45, 7) is 7.44. The molecule has 64 valence electrons. The fourth-order valence-corrected chi connectivity index (χ4v) is 1.11. The number of rotatable bonds is 3. The van der Waals surface area contributed by atoms with Crippen LogP contribution in [-0.4, -0.2) is 17.3 Å². The van der Waals surface area contributed by atoms with Crippen molar-refractivity contribution in [2.24, 2.45) is 0 Å². The minimum absolute atomic E-state index is 0.545. The molecule has 0 amide bonds. The molecule has 1 aromatic heterocycles. The maximum absolute atomic E-state index is 4.96. The summed E-state index contributed by atoms with van der Waals surface area (Å²) in [5.41, 5.74) is 1.61. The minimum Gasteiger partial charge on any atom is -0.495 e. The predicted molar refractivity (Wildman–Crippen MR) is 52.6 cm³/mol. The van der Waals surface area contributed by atoms with Crippen LogP contribution in [0.2, 0.25) is 0 Å². The van der Waals surface area contributed by atoms with E-state index in [1.807, 2.05) is 0 Å². The minimum atomic E-state index is 0.545. The van der Waals surface area contributed by atoms with Gasteiger partial charge in [-0.15, -0.1) is 0 Å². The number of nitrogens with one attached hydrogen (secondary N) is 1. The summed E-state index contributed by atoms with van der Waals surface area (Å²) in [7, 11) is 1.56. The fourth-order valence-electron chi connectivity index (χ4n) is 0.806. The molecule has 1 N–H and O–H groups in total. The molecule has 0 aliphatic carbocycles. The second kappa shape index (κ2) is 3.58. The highest BCUT2D eigenvalue weighted by atomic mass is 79.9. The van der Waals surface area contributed by atoms with E-state index in [9.17, 15) is 0 Å². The third kappa shape index (κ3) is 1.58. The molecule has 0 spiro atoms. The van der Waals surface area contributed by atoms with Crippen LogP contribution >= 0.6 is 15.9 Å². The van der Waals surface area contributed by atoms with E-state index >= 15 is 0 Å². The van der Waals surface area contributed by atoms with Gasteiger partial charge in [-0.25, -0.2) is 0 Å². The topological polar surface area (TPSA) is 37.9 Å². The summed E-state index contributed by atoms with van der Waals surface area (Å²) >= 11 is 3.26.